The summed E-state index contributed by atoms with van der Waals surface area (Å²) in [6.07, 6.45) is 10.6. The van der Waals surface area contributed by atoms with Crippen molar-refractivity contribution in [2.75, 3.05) is 18.1 Å². The lowest BCUT2D eigenvalue weighted by Gasteiger charge is -2.04. The van der Waals surface area contributed by atoms with Crippen molar-refractivity contribution in [3.63, 3.8) is 0 Å². The van der Waals surface area contributed by atoms with Crippen LogP contribution in [0.4, 0.5) is 0 Å². The van der Waals surface area contributed by atoms with Gasteiger partial charge in [0, 0.05) is 12.2 Å². The van der Waals surface area contributed by atoms with Gasteiger partial charge in [0.1, 0.15) is 6.29 Å². The molecule has 0 rings (SSSR count). The minimum atomic E-state index is -0.107. The van der Waals surface area contributed by atoms with E-state index in [1.807, 2.05) is 0 Å². The second-order valence-corrected chi connectivity index (χ2v) is 5.88. The maximum absolute atomic E-state index is 11.3. The van der Waals surface area contributed by atoms with E-state index in [4.69, 9.17) is 4.74 Å². The molecule has 0 saturated heterocycles. The van der Waals surface area contributed by atoms with Crippen LogP contribution in [-0.2, 0) is 14.3 Å². The Kier molecular flexibility index (Phi) is 15.1. The first-order chi connectivity index (χ1) is 9.31. The van der Waals surface area contributed by atoms with E-state index in [2.05, 4.69) is 6.92 Å². The smallest absolute Gasteiger partial charge is 0.306 e. The van der Waals surface area contributed by atoms with Gasteiger partial charge in [-0.15, -0.1) is 0 Å². The van der Waals surface area contributed by atoms with E-state index >= 15 is 0 Å². The fourth-order valence-electron chi connectivity index (χ4n) is 1.71. The van der Waals surface area contributed by atoms with Gasteiger partial charge in [0.25, 0.3) is 0 Å². The molecule has 0 fully saturated rings. The largest absolute Gasteiger partial charge is 0.466 e. The van der Waals surface area contributed by atoms with Crippen LogP contribution in [0.5, 0.6) is 0 Å². The van der Waals surface area contributed by atoms with E-state index in [1.165, 1.54) is 32.1 Å². The highest BCUT2D eigenvalue weighted by Crippen LogP contribution is 2.08. The summed E-state index contributed by atoms with van der Waals surface area (Å²) in [5.41, 5.74) is 0. The van der Waals surface area contributed by atoms with E-state index in [-0.39, 0.29) is 5.97 Å². The standard InChI is InChI=1S/C15H28O3S/c1-2-3-4-5-6-7-8-12-18-15(17)10-14-19-13-9-11-16/h11H,2-10,12-14H2,1H3. The molecule has 112 valence electrons. The monoisotopic (exact) mass is 288 g/mol. The summed E-state index contributed by atoms with van der Waals surface area (Å²) < 4.78 is 5.15. The lowest BCUT2D eigenvalue weighted by Crippen LogP contribution is -2.07. The number of carbonyl (C=O) groups excluding carboxylic acids is 2. The summed E-state index contributed by atoms with van der Waals surface area (Å²) in [7, 11) is 0. The Balaban J connectivity index is 3.13. The van der Waals surface area contributed by atoms with Gasteiger partial charge in [-0.05, 0) is 12.2 Å². The van der Waals surface area contributed by atoms with Gasteiger partial charge in [0.15, 0.2) is 0 Å². The van der Waals surface area contributed by atoms with E-state index in [0.717, 1.165) is 30.6 Å². The molecule has 0 aromatic heterocycles. The summed E-state index contributed by atoms with van der Waals surface area (Å²) in [6.45, 7) is 2.78. The fourth-order valence-corrected chi connectivity index (χ4v) is 2.48. The first-order valence-corrected chi connectivity index (χ1v) is 8.63. The molecule has 0 spiro atoms. The molecule has 4 heteroatoms. The van der Waals surface area contributed by atoms with Crippen LogP contribution in [0.1, 0.15) is 64.7 Å². The van der Waals surface area contributed by atoms with E-state index in [0.29, 0.717) is 19.4 Å². The third-order valence-corrected chi connectivity index (χ3v) is 3.86. The average molecular weight is 288 g/mol. The maximum atomic E-state index is 11.3. The van der Waals surface area contributed by atoms with Crippen LogP contribution in [0, 0.1) is 0 Å². The minimum absolute atomic E-state index is 0.107. The lowest BCUT2D eigenvalue weighted by atomic mass is 10.1. The molecule has 0 N–H and O–H groups in total. The molecular formula is C15H28O3S. The van der Waals surface area contributed by atoms with Gasteiger partial charge in [-0.3, -0.25) is 4.79 Å². The van der Waals surface area contributed by atoms with Gasteiger partial charge in [-0.1, -0.05) is 45.4 Å². The molecular weight excluding hydrogens is 260 g/mol. The van der Waals surface area contributed by atoms with E-state index < -0.39 is 0 Å². The highest BCUT2D eigenvalue weighted by Gasteiger charge is 2.02. The molecule has 0 aliphatic carbocycles. The summed E-state index contributed by atoms with van der Waals surface area (Å²) in [5.74, 6) is 1.45. The number of hydrogen-bond acceptors (Lipinski definition) is 4. The van der Waals surface area contributed by atoms with Gasteiger partial charge in [-0.25, -0.2) is 0 Å². The predicted molar refractivity (Wildman–Crippen MR) is 81.6 cm³/mol. The molecule has 3 nitrogen and oxygen atoms in total. The second-order valence-electron chi connectivity index (χ2n) is 4.66. The molecule has 19 heavy (non-hydrogen) atoms. The number of rotatable bonds is 14. The minimum Gasteiger partial charge on any atom is -0.466 e. The molecule has 0 unspecified atom stereocenters. The van der Waals surface area contributed by atoms with Crippen molar-refractivity contribution < 1.29 is 14.3 Å². The molecule has 0 atom stereocenters. The van der Waals surface area contributed by atoms with Gasteiger partial charge >= 0.3 is 5.97 Å². The van der Waals surface area contributed by atoms with Crippen LogP contribution >= 0.6 is 11.8 Å². The summed E-state index contributed by atoms with van der Waals surface area (Å²) >= 11 is 1.63. The van der Waals surface area contributed by atoms with Gasteiger partial charge in [0.2, 0.25) is 0 Å². The van der Waals surface area contributed by atoms with Crippen LogP contribution < -0.4 is 0 Å². The molecule has 0 amide bonds. The van der Waals surface area contributed by atoms with Crippen LogP contribution in [0.15, 0.2) is 0 Å². The van der Waals surface area contributed by atoms with Crippen molar-refractivity contribution in [3.8, 4) is 0 Å². The zero-order valence-electron chi connectivity index (χ0n) is 12.2. The first-order valence-electron chi connectivity index (χ1n) is 7.48. The topological polar surface area (TPSA) is 43.4 Å². The van der Waals surface area contributed by atoms with Crippen molar-refractivity contribution in [1.29, 1.82) is 0 Å². The molecule has 0 aliphatic rings. The number of hydrogen-bond donors (Lipinski definition) is 0. The molecule has 0 heterocycles. The third-order valence-electron chi connectivity index (χ3n) is 2.84. The second kappa shape index (κ2) is 15.5. The number of carbonyl (C=O) groups is 2. The SMILES string of the molecule is CCCCCCCCCOC(=O)CCSCCC=O. The number of esters is 1. The molecule has 0 aliphatic heterocycles. The number of ether oxygens (including phenoxy) is 1. The van der Waals surface area contributed by atoms with Crippen LogP contribution in [-0.4, -0.2) is 30.4 Å². The zero-order valence-corrected chi connectivity index (χ0v) is 13.0. The lowest BCUT2D eigenvalue weighted by molar-refractivity contribution is -0.143. The predicted octanol–water partition coefficient (Wildman–Crippen LogP) is 3.99. The van der Waals surface area contributed by atoms with Crippen molar-refractivity contribution >= 4 is 24.0 Å². The average Bonchev–Trinajstić information content (AvgIpc) is 2.41. The fraction of sp³-hybridized carbons (Fsp3) is 0.867. The van der Waals surface area contributed by atoms with Crippen LogP contribution in [0.2, 0.25) is 0 Å². The van der Waals surface area contributed by atoms with Crippen molar-refractivity contribution in [1.82, 2.24) is 0 Å². The Labute approximate surface area is 121 Å². The Bertz CT molecular complexity index is 219. The molecule has 0 aromatic rings. The zero-order chi connectivity index (χ0) is 14.2. The van der Waals surface area contributed by atoms with Gasteiger partial charge < -0.3 is 9.53 Å². The Morgan fingerprint density at radius 1 is 1.05 bits per heavy atom. The van der Waals surface area contributed by atoms with E-state index in [1.54, 1.807) is 11.8 Å². The Morgan fingerprint density at radius 2 is 1.74 bits per heavy atom. The van der Waals surface area contributed by atoms with Crippen molar-refractivity contribution in [2.45, 2.75) is 64.7 Å². The van der Waals surface area contributed by atoms with Crippen LogP contribution in [0.3, 0.4) is 0 Å². The first kappa shape index (κ1) is 18.5. The quantitative estimate of drug-likeness (QED) is 0.275. The highest BCUT2D eigenvalue weighted by molar-refractivity contribution is 7.99. The molecule has 0 radical (unpaired) electrons. The summed E-state index contributed by atoms with van der Waals surface area (Å²) in [6, 6.07) is 0. The number of unbranched alkanes of at least 4 members (excludes halogenated alkanes) is 6. The number of thioether (sulfide) groups is 1. The Morgan fingerprint density at radius 3 is 2.42 bits per heavy atom. The third kappa shape index (κ3) is 15.4. The molecule has 0 bridgehead atoms. The summed E-state index contributed by atoms with van der Waals surface area (Å²) in [5, 5.41) is 0. The van der Waals surface area contributed by atoms with Crippen molar-refractivity contribution in [3.05, 3.63) is 0 Å². The van der Waals surface area contributed by atoms with Gasteiger partial charge in [0.05, 0.1) is 13.0 Å². The highest BCUT2D eigenvalue weighted by atomic mass is 32.2. The normalized spacial score (nSPS) is 10.4. The van der Waals surface area contributed by atoms with Crippen molar-refractivity contribution in [2.24, 2.45) is 0 Å². The maximum Gasteiger partial charge on any atom is 0.306 e. The van der Waals surface area contributed by atoms with Gasteiger partial charge in [-0.2, -0.15) is 11.8 Å². The Hall–Kier alpha value is -0.510. The molecule has 0 saturated carbocycles. The van der Waals surface area contributed by atoms with E-state index in [9.17, 15) is 9.59 Å². The molecule has 0 aromatic carbocycles. The summed E-state index contributed by atoms with van der Waals surface area (Å²) in [4.78, 5) is 21.4. The van der Waals surface area contributed by atoms with Crippen LogP contribution in [0.25, 0.3) is 0 Å². The number of aldehydes is 1.